The Balaban J connectivity index is 1.67. The molecule has 2 rings (SSSR count). The minimum atomic E-state index is -0.425. The fourth-order valence-electron chi connectivity index (χ4n) is 3.30. The largest absolute Gasteiger partial charge is 0.444 e. The van der Waals surface area contributed by atoms with Crippen molar-refractivity contribution >= 4 is 6.09 Å². The van der Waals surface area contributed by atoms with Crippen LogP contribution in [0.4, 0.5) is 4.79 Å². The predicted octanol–water partition coefficient (Wildman–Crippen LogP) is 2.02. The maximum absolute atomic E-state index is 11.7. The molecule has 1 saturated carbocycles. The van der Waals surface area contributed by atoms with Crippen LogP contribution in [0.25, 0.3) is 0 Å². The standard InChI is InChI=1S/C16H31N3O2/c1-16(2,3)21-15(20)19-10-12-6-4-8-14(12)18-11-13-7-5-9-17-13/h12-14,17-18H,4-11H2,1-3H3,(H,19,20). The summed E-state index contributed by atoms with van der Waals surface area (Å²) in [6, 6.07) is 1.16. The second kappa shape index (κ2) is 7.45. The molecule has 0 aromatic heterocycles. The van der Waals surface area contributed by atoms with Crippen molar-refractivity contribution in [3.05, 3.63) is 0 Å². The van der Waals surface area contributed by atoms with E-state index < -0.39 is 5.60 Å². The molecular weight excluding hydrogens is 266 g/mol. The predicted molar refractivity (Wildman–Crippen MR) is 84.4 cm³/mol. The molecule has 1 aliphatic heterocycles. The third kappa shape index (κ3) is 5.83. The third-order valence-corrected chi connectivity index (χ3v) is 4.36. The molecular formula is C16H31N3O2. The summed E-state index contributed by atoms with van der Waals surface area (Å²) in [7, 11) is 0. The van der Waals surface area contributed by atoms with E-state index in [4.69, 9.17) is 4.74 Å². The van der Waals surface area contributed by atoms with Crippen molar-refractivity contribution in [2.45, 2.75) is 70.6 Å². The van der Waals surface area contributed by atoms with Crippen molar-refractivity contribution < 1.29 is 9.53 Å². The molecule has 3 unspecified atom stereocenters. The first kappa shape index (κ1) is 16.6. The second-order valence-corrected chi connectivity index (χ2v) is 7.38. The van der Waals surface area contributed by atoms with E-state index in [1.807, 2.05) is 20.8 Å². The molecule has 3 N–H and O–H groups in total. The van der Waals surface area contributed by atoms with Gasteiger partial charge in [0, 0.05) is 25.2 Å². The van der Waals surface area contributed by atoms with Gasteiger partial charge in [0.15, 0.2) is 0 Å². The number of amides is 1. The van der Waals surface area contributed by atoms with E-state index in [-0.39, 0.29) is 6.09 Å². The Morgan fingerprint density at radius 3 is 2.67 bits per heavy atom. The lowest BCUT2D eigenvalue weighted by molar-refractivity contribution is 0.0517. The zero-order valence-corrected chi connectivity index (χ0v) is 13.7. The SMILES string of the molecule is CC(C)(C)OC(=O)NCC1CCCC1NCC1CCCN1. The summed E-state index contributed by atoms with van der Waals surface area (Å²) in [6.45, 7) is 8.59. The highest BCUT2D eigenvalue weighted by Gasteiger charge is 2.28. The Hall–Kier alpha value is -0.810. The molecule has 1 amide bonds. The van der Waals surface area contributed by atoms with E-state index in [2.05, 4.69) is 16.0 Å². The van der Waals surface area contributed by atoms with Gasteiger partial charge in [-0.15, -0.1) is 0 Å². The minimum Gasteiger partial charge on any atom is -0.444 e. The number of hydrogen-bond acceptors (Lipinski definition) is 4. The summed E-state index contributed by atoms with van der Waals surface area (Å²) in [4.78, 5) is 11.7. The number of hydrogen-bond donors (Lipinski definition) is 3. The lowest BCUT2D eigenvalue weighted by Crippen LogP contribution is -2.44. The van der Waals surface area contributed by atoms with Gasteiger partial charge in [0.25, 0.3) is 0 Å². The Bertz CT molecular complexity index is 335. The Kier molecular flexibility index (Phi) is 5.88. The summed E-state index contributed by atoms with van der Waals surface area (Å²) in [5.41, 5.74) is -0.425. The summed E-state index contributed by atoms with van der Waals surface area (Å²) in [5, 5.41) is 10.1. The summed E-state index contributed by atoms with van der Waals surface area (Å²) >= 11 is 0. The fourth-order valence-corrected chi connectivity index (χ4v) is 3.30. The molecule has 0 radical (unpaired) electrons. The van der Waals surface area contributed by atoms with Crippen LogP contribution in [0.2, 0.25) is 0 Å². The number of ether oxygens (including phenoxy) is 1. The summed E-state index contributed by atoms with van der Waals surface area (Å²) in [5.74, 6) is 0.527. The van der Waals surface area contributed by atoms with E-state index >= 15 is 0 Å². The highest BCUT2D eigenvalue weighted by molar-refractivity contribution is 5.67. The fraction of sp³-hybridized carbons (Fsp3) is 0.938. The van der Waals surface area contributed by atoms with Crippen molar-refractivity contribution in [2.24, 2.45) is 5.92 Å². The number of rotatable bonds is 5. The Morgan fingerprint density at radius 2 is 2.00 bits per heavy atom. The molecule has 1 aliphatic carbocycles. The van der Waals surface area contributed by atoms with Gasteiger partial charge in [0.05, 0.1) is 0 Å². The van der Waals surface area contributed by atoms with Crippen LogP contribution >= 0.6 is 0 Å². The maximum Gasteiger partial charge on any atom is 0.407 e. The van der Waals surface area contributed by atoms with Crippen molar-refractivity contribution in [1.29, 1.82) is 0 Å². The molecule has 122 valence electrons. The molecule has 2 fully saturated rings. The van der Waals surface area contributed by atoms with Gasteiger partial charge < -0.3 is 20.7 Å². The van der Waals surface area contributed by atoms with Crippen LogP contribution in [0.1, 0.15) is 52.9 Å². The molecule has 5 heteroatoms. The number of alkyl carbamates (subject to hydrolysis) is 1. The average molecular weight is 297 g/mol. The van der Waals surface area contributed by atoms with Crippen molar-refractivity contribution in [3.63, 3.8) is 0 Å². The van der Waals surface area contributed by atoms with E-state index in [1.165, 1.54) is 32.1 Å². The molecule has 3 atom stereocenters. The Labute approximate surface area is 128 Å². The lowest BCUT2D eigenvalue weighted by Gasteiger charge is -2.24. The first-order chi connectivity index (χ1) is 9.94. The molecule has 0 spiro atoms. The summed E-state index contributed by atoms with van der Waals surface area (Å²) < 4.78 is 5.29. The zero-order chi connectivity index (χ0) is 15.3. The van der Waals surface area contributed by atoms with Gasteiger partial charge in [-0.25, -0.2) is 4.79 Å². The third-order valence-electron chi connectivity index (χ3n) is 4.36. The first-order valence-corrected chi connectivity index (χ1v) is 8.37. The highest BCUT2D eigenvalue weighted by Crippen LogP contribution is 2.25. The first-order valence-electron chi connectivity index (χ1n) is 8.37. The van der Waals surface area contributed by atoms with E-state index in [9.17, 15) is 4.79 Å². The van der Waals surface area contributed by atoms with Crippen molar-refractivity contribution in [1.82, 2.24) is 16.0 Å². The number of carbonyl (C=O) groups is 1. The van der Waals surface area contributed by atoms with Crippen LogP contribution in [-0.2, 0) is 4.74 Å². The Morgan fingerprint density at radius 1 is 1.19 bits per heavy atom. The highest BCUT2D eigenvalue weighted by atomic mass is 16.6. The molecule has 0 bridgehead atoms. The molecule has 0 aromatic rings. The van der Waals surface area contributed by atoms with Crippen molar-refractivity contribution in [2.75, 3.05) is 19.6 Å². The van der Waals surface area contributed by atoms with Crippen LogP contribution in [0.3, 0.4) is 0 Å². The lowest BCUT2D eigenvalue weighted by atomic mass is 10.0. The van der Waals surface area contributed by atoms with Gasteiger partial charge in [-0.05, 0) is 58.9 Å². The minimum absolute atomic E-state index is 0.300. The monoisotopic (exact) mass is 297 g/mol. The van der Waals surface area contributed by atoms with Gasteiger partial charge in [-0.2, -0.15) is 0 Å². The molecule has 1 saturated heterocycles. The van der Waals surface area contributed by atoms with Crippen LogP contribution in [-0.4, -0.2) is 43.4 Å². The molecule has 21 heavy (non-hydrogen) atoms. The van der Waals surface area contributed by atoms with Gasteiger partial charge in [-0.3, -0.25) is 0 Å². The maximum atomic E-state index is 11.7. The number of nitrogens with one attached hydrogen (secondary N) is 3. The normalized spacial score (nSPS) is 29.6. The van der Waals surface area contributed by atoms with E-state index in [1.54, 1.807) is 0 Å². The average Bonchev–Trinajstić information content (AvgIpc) is 3.03. The van der Waals surface area contributed by atoms with Crippen LogP contribution in [0, 0.1) is 5.92 Å². The van der Waals surface area contributed by atoms with Crippen LogP contribution in [0.5, 0.6) is 0 Å². The molecule has 0 aromatic carbocycles. The topological polar surface area (TPSA) is 62.4 Å². The van der Waals surface area contributed by atoms with Crippen molar-refractivity contribution in [3.8, 4) is 0 Å². The molecule has 5 nitrogen and oxygen atoms in total. The zero-order valence-electron chi connectivity index (χ0n) is 13.7. The van der Waals surface area contributed by atoms with Crippen LogP contribution in [0.15, 0.2) is 0 Å². The van der Waals surface area contributed by atoms with Gasteiger partial charge >= 0.3 is 6.09 Å². The second-order valence-electron chi connectivity index (χ2n) is 7.38. The molecule has 1 heterocycles. The quantitative estimate of drug-likeness (QED) is 0.726. The molecule has 2 aliphatic rings. The smallest absolute Gasteiger partial charge is 0.407 e. The summed E-state index contributed by atoms with van der Waals surface area (Å²) in [6.07, 6.45) is 5.92. The van der Waals surface area contributed by atoms with Crippen LogP contribution < -0.4 is 16.0 Å². The van der Waals surface area contributed by atoms with E-state index in [0.717, 1.165) is 13.1 Å². The van der Waals surface area contributed by atoms with Gasteiger partial charge in [0.1, 0.15) is 5.60 Å². The van der Waals surface area contributed by atoms with E-state index in [0.29, 0.717) is 24.5 Å². The van der Waals surface area contributed by atoms with Gasteiger partial charge in [-0.1, -0.05) is 6.42 Å². The van der Waals surface area contributed by atoms with Gasteiger partial charge in [0.2, 0.25) is 0 Å². The number of carbonyl (C=O) groups excluding carboxylic acids is 1.